The third-order valence-electron chi connectivity index (χ3n) is 3.97. The highest BCUT2D eigenvalue weighted by Gasteiger charge is 2.34. The van der Waals surface area contributed by atoms with Crippen LogP contribution in [0.4, 0.5) is 0 Å². The van der Waals surface area contributed by atoms with Crippen molar-refractivity contribution < 1.29 is 22.4 Å². The van der Waals surface area contributed by atoms with Crippen molar-refractivity contribution in [2.24, 2.45) is 17.4 Å². The molecular formula is C14H22N4O5S. The quantitative estimate of drug-likeness (QED) is 0.706. The first-order valence-electron chi connectivity index (χ1n) is 7.58. The highest BCUT2D eigenvalue weighted by Crippen LogP contribution is 2.20. The lowest BCUT2D eigenvalue weighted by Gasteiger charge is -2.35. The molecule has 1 fully saturated rings. The monoisotopic (exact) mass is 358 g/mol. The van der Waals surface area contributed by atoms with E-state index in [4.69, 9.17) is 15.9 Å². The Kier molecular flexibility index (Phi) is 5.31. The summed E-state index contributed by atoms with van der Waals surface area (Å²) < 4.78 is 31.2. The second-order valence-electron chi connectivity index (χ2n) is 5.98. The molecule has 134 valence electrons. The van der Waals surface area contributed by atoms with Gasteiger partial charge in [0.15, 0.2) is 5.76 Å². The third kappa shape index (κ3) is 3.60. The fourth-order valence-corrected chi connectivity index (χ4v) is 3.70. The van der Waals surface area contributed by atoms with Crippen LogP contribution in [0.1, 0.15) is 24.4 Å². The van der Waals surface area contributed by atoms with Crippen LogP contribution in [0.5, 0.6) is 0 Å². The van der Waals surface area contributed by atoms with Crippen molar-refractivity contribution in [2.75, 3.05) is 26.2 Å². The molecule has 4 N–H and O–H groups in total. The van der Waals surface area contributed by atoms with Crippen LogP contribution in [-0.4, -0.2) is 61.7 Å². The van der Waals surface area contributed by atoms with Gasteiger partial charge >= 0.3 is 0 Å². The van der Waals surface area contributed by atoms with Gasteiger partial charge in [0.2, 0.25) is 11.0 Å². The molecule has 0 aromatic carbocycles. The Hall–Kier alpha value is -1.91. The summed E-state index contributed by atoms with van der Waals surface area (Å²) in [6.07, 6.45) is 0. The van der Waals surface area contributed by atoms with Gasteiger partial charge in [0.05, 0.1) is 6.04 Å². The number of furan rings is 1. The molecule has 1 aromatic rings. The van der Waals surface area contributed by atoms with E-state index in [0.717, 1.165) is 0 Å². The van der Waals surface area contributed by atoms with E-state index >= 15 is 0 Å². The zero-order chi connectivity index (χ0) is 18.1. The molecule has 1 saturated heterocycles. The maximum atomic E-state index is 12.5. The first kappa shape index (κ1) is 18.4. The lowest BCUT2D eigenvalue weighted by atomic mass is 10.0. The minimum atomic E-state index is -3.87. The van der Waals surface area contributed by atoms with Crippen molar-refractivity contribution in [3.63, 3.8) is 0 Å². The normalized spacial score (nSPS) is 17.9. The van der Waals surface area contributed by atoms with Crippen molar-refractivity contribution in [3.8, 4) is 0 Å². The first-order valence-corrected chi connectivity index (χ1v) is 9.02. The van der Waals surface area contributed by atoms with Gasteiger partial charge in [-0.05, 0) is 18.1 Å². The summed E-state index contributed by atoms with van der Waals surface area (Å²) in [4.78, 5) is 24.8. The molecule has 2 heterocycles. The molecule has 10 heteroatoms. The second kappa shape index (κ2) is 6.91. The average molecular weight is 358 g/mol. The summed E-state index contributed by atoms with van der Waals surface area (Å²) in [6.45, 7) is 4.48. The number of hydrogen-bond acceptors (Lipinski definition) is 6. The van der Waals surface area contributed by atoms with E-state index in [2.05, 4.69) is 0 Å². The van der Waals surface area contributed by atoms with E-state index in [1.807, 2.05) is 13.8 Å². The van der Waals surface area contributed by atoms with Crippen LogP contribution in [-0.2, 0) is 14.8 Å². The minimum absolute atomic E-state index is 0.00889. The van der Waals surface area contributed by atoms with Gasteiger partial charge in [-0.25, -0.2) is 8.42 Å². The van der Waals surface area contributed by atoms with Crippen molar-refractivity contribution >= 4 is 21.8 Å². The Balaban J connectivity index is 2.05. The fraction of sp³-hybridized carbons (Fsp3) is 0.571. The van der Waals surface area contributed by atoms with Crippen LogP contribution in [0.15, 0.2) is 21.6 Å². The Morgan fingerprint density at radius 1 is 1.17 bits per heavy atom. The molecule has 0 saturated carbocycles. The lowest BCUT2D eigenvalue weighted by molar-refractivity contribution is -0.134. The highest BCUT2D eigenvalue weighted by molar-refractivity contribution is 7.89. The van der Waals surface area contributed by atoms with Crippen LogP contribution >= 0.6 is 0 Å². The molecule has 0 radical (unpaired) electrons. The first-order chi connectivity index (χ1) is 11.1. The number of amides is 2. The molecule has 0 spiro atoms. The zero-order valence-corrected chi connectivity index (χ0v) is 14.5. The number of hydrogen-bond donors (Lipinski definition) is 2. The molecule has 0 aliphatic carbocycles. The predicted octanol–water partition coefficient (Wildman–Crippen LogP) is -0.805. The summed E-state index contributed by atoms with van der Waals surface area (Å²) in [7, 11) is -3.87. The molecule has 2 amide bonds. The number of nitrogens with zero attached hydrogens (tertiary/aromatic N) is 2. The molecule has 2 rings (SSSR count). The molecule has 1 aliphatic rings. The van der Waals surface area contributed by atoms with Crippen molar-refractivity contribution in [1.82, 2.24) is 9.21 Å². The molecule has 9 nitrogen and oxygen atoms in total. The van der Waals surface area contributed by atoms with Gasteiger partial charge in [0, 0.05) is 26.2 Å². The number of primary amides is 1. The standard InChI is InChI=1S/C14H22N4O5S/c1-9(2)12(15)14(20)17-5-7-18(8-6-17)24(21,22)11-4-3-10(23-11)13(16)19/h3-4,9,12H,5-8,15H2,1-2H3,(H2,16,19)/t12-/m0/s1. The van der Waals surface area contributed by atoms with E-state index in [9.17, 15) is 18.0 Å². The van der Waals surface area contributed by atoms with Crippen molar-refractivity contribution in [3.05, 3.63) is 17.9 Å². The minimum Gasteiger partial charge on any atom is -0.438 e. The number of sulfonamides is 1. The van der Waals surface area contributed by atoms with E-state index in [0.29, 0.717) is 0 Å². The summed E-state index contributed by atoms with van der Waals surface area (Å²) in [5.74, 6) is -1.23. The maximum Gasteiger partial charge on any atom is 0.284 e. The number of carbonyl (C=O) groups is 2. The highest BCUT2D eigenvalue weighted by atomic mass is 32.2. The second-order valence-corrected chi connectivity index (χ2v) is 7.85. The number of carbonyl (C=O) groups excluding carboxylic acids is 2. The van der Waals surface area contributed by atoms with Gasteiger partial charge in [-0.15, -0.1) is 0 Å². The molecule has 0 bridgehead atoms. The molecular weight excluding hydrogens is 336 g/mol. The van der Waals surface area contributed by atoms with Crippen LogP contribution in [0.2, 0.25) is 0 Å². The molecule has 1 aromatic heterocycles. The van der Waals surface area contributed by atoms with Crippen molar-refractivity contribution in [2.45, 2.75) is 25.0 Å². The number of nitrogens with two attached hydrogens (primary N) is 2. The largest absolute Gasteiger partial charge is 0.438 e. The summed E-state index contributed by atoms with van der Waals surface area (Å²) in [5, 5.41) is -0.338. The molecule has 1 aliphatic heterocycles. The lowest BCUT2D eigenvalue weighted by Crippen LogP contribution is -2.55. The van der Waals surface area contributed by atoms with Gasteiger partial charge in [-0.2, -0.15) is 4.31 Å². The summed E-state index contributed by atoms with van der Waals surface area (Å²) in [6, 6.07) is 1.81. The van der Waals surface area contributed by atoms with Gasteiger partial charge < -0.3 is 20.8 Å². The average Bonchev–Trinajstić information content (AvgIpc) is 3.04. The maximum absolute atomic E-state index is 12.5. The van der Waals surface area contributed by atoms with Crippen LogP contribution in [0, 0.1) is 5.92 Å². The predicted molar refractivity (Wildman–Crippen MR) is 85.4 cm³/mol. The Labute approximate surface area is 140 Å². The molecule has 24 heavy (non-hydrogen) atoms. The van der Waals surface area contributed by atoms with E-state index in [1.54, 1.807) is 4.90 Å². The topological polar surface area (TPSA) is 140 Å². The third-order valence-corrected chi connectivity index (χ3v) is 5.74. The van der Waals surface area contributed by atoms with Gasteiger partial charge in [-0.3, -0.25) is 9.59 Å². The fourth-order valence-electron chi connectivity index (χ4n) is 2.36. The summed E-state index contributed by atoms with van der Waals surface area (Å²) in [5.41, 5.74) is 10.9. The van der Waals surface area contributed by atoms with Crippen LogP contribution < -0.4 is 11.5 Å². The van der Waals surface area contributed by atoms with Crippen LogP contribution in [0.3, 0.4) is 0 Å². The summed E-state index contributed by atoms with van der Waals surface area (Å²) >= 11 is 0. The zero-order valence-electron chi connectivity index (χ0n) is 13.6. The smallest absolute Gasteiger partial charge is 0.284 e. The molecule has 0 unspecified atom stereocenters. The van der Waals surface area contributed by atoms with E-state index < -0.39 is 22.0 Å². The SMILES string of the molecule is CC(C)[C@H](N)C(=O)N1CCN(S(=O)(=O)c2ccc(C(N)=O)o2)CC1. The van der Waals surface area contributed by atoms with E-state index in [-0.39, 0.29) is 48.9 Å². The Morgan fingerprint density at radius 3 is 2.21 bits per heavy atom. The Bertz CT molecular complexity index is 719. The van der Waals surface area contributed by atoms with Crippen molar-refractivity contribution in [1.29, 1.82) is 0 Å². The van der Waals surface area contributed by atoms with E-state index in [1.165, 1.54) is 16.4 Å². The van der Waals surface area contributed by atoms with Gasteiger partial charge in [0.1, 0.15) is 0 Å². The van der Waals surface area contributed by atoms with Gasteiger partial charge in [0.25, 0.3) is 15.9 Å². The Morgan fingerprint density at radius 2 is 1.75 bits per heavy atom. The number of rotatable bonds is 5. The molecule has 1 atom stereocenters. The van der Waals surface area contributed by atoms with Gasteiger partial charge in [-0.1, -0.05) is 13.8 Å². The van der Waals surface area contributed by atoms with Crippen LogP contribution in [0.25, 0.3) is 0 Å². The number of piperazine rings is 1.